The van der Waals surface area contributed by atoms with Crippen LogP contribution in [0.3, 0.4) is 0 Å². The van der Waals surface area contributed by atoms with Crippen molar-refractivity contribution in [3.05, 3.63) is 59.4 Å². The van der Waals surface area contributed by atoms with Crippen molar-refractivity contribution >= 4 is 11.7 Å². The highest BCUT2D eigenvalue weighted by atomic mass is 19.1. The third kappa shape index (κ3) is 3.55. The second-order valence-corrected chi connectivity index (χ2v) is 6.76. The molecule has 0 unspecified atom stereocenters. The highest BCUT2D eigenvalue weighted by molar-refractivity contribution is 5.94. The van der Waals surface area contributed by atoms with Gasteiger partial charge in [0, 0.05) is 38.1 Å². The zero-order chi connectivity index (χ0) is 19.7. The number of aryl methyl sites for hydroxylation is 2. The molecular formula is C19H20FN7O. The Balaban J connectivity index is 1.41. The summed E-state index contributed by atoms with van der Waals surface area (Å²) >= 11 is 0. The molecule has 0 saturated carbocycles. The summed E-state index contributed by atoms with van der Waals surface area (Å²) in [5, 5.41) is 13.0. The van der Waals surface area contributed by atoms with E-state index in [0.717, 1.165) is 23.4 Å². The quantitative estimate of drug-likeness (QED) is 0.688. The van der Waals surface area contributed by atoms with Crippen molar-refractivity contribution in [2.75, 3.05) is 31.1 Å². The van der Waals surface area contributed by atoms with Crippen LogP contribution in [0.4, 0.5) is 10.2 Å². The molecule has 3 aromatic rings. The molecule has 3 aromatic heterocycles. The standard InChI is InChI=1S/C19H20FN7O/c1-13-9-14(2)27(24-13)18-4-3-17(22-23-18)25-5-7-26(8-6-25)19(28)15-10-16(20)12-21-11-15/h3-4,9-12H,5-8H2,1-2H3. The van der Waals surface area contributed by atoms with E-state index in [1.54, 1.807) is 9.58 Å². The Labute approximate surface area is 161 Å². The number of carbonyl (C=O) groups excluding carboxylic acids is 1. The number of hydrogen-bond acceptors (Lipinski definition) is 6. The van der Waals surface area contributed by atoms with E-state index < -0.39 is 5.82 Å². The van der Waals surface area contributed by atoms with Crippen LogP contribution in [0.15, 0.2) is 36.7 Å². The Bertz CT molecular complexity index is 994. The topological polar surface area (TPSA) is 80.0 Å². The third-order valence-corrected chi connectivity index (χ3v) is 4.71. The molecule has 4 heterocycles. The predicted molar refractivity (Wildman–Crippen MR) is 101 cm³/mol. The molecule has 8 nitrogen and oxygen atoms in total. The molecule has 0 bridgehead atoms. The minimum atomic E-state index is -0.512. The molecule has 0 aliphatic carbocycles. The summed E-state index contributed by atoms with van der Waals surface area (Å²) in [7, 11) is 0. The number of rotatable bonds is 3. The molecule has 144 valence electrons. The highest BCUT2D eigenvalue weighted by Crippen LogP contribution is 2.16. The molecule has 0 aromatic carbocycles. The third-order valence-electron chi connectivity index (χ3n) is 4.71. The van der Waals surface area contributed by atoms with Crippen molar-refractivity contribution in [2.24, 2.45) is 0 Å². The van der Waals surface area contributed by atoms with Crippen LogP contribution in [0.2, 0.25) is 0 Å². The van der Waals surface area contributed by atoms with Crippen LogP contribution in [-0.2, 0) is 0 Å². The first-order chi connectivity index (χ1) is 13.5. The fraction of sp³-hybridized carbons (Fsp3) is 0.316. The van der Waals surface area contributed by atoms with E-state index >= 15 is 0 Å². The summed E-state index contributed by atoms with van der Waals surface area (Å²) in [5.41, 5.74) is 2.19. The van der Waals surface area contributed by atoms with Gasteiger partial charge in [-0.1, -0.05) is 0 Å². The smallest absolute Gasteiger partial charge is 0.255 e. The van der Waals surface area contributed by atoms with E-state index in [9.17, 15) is 9.18 Å². The van der Waals surface area contributed by atoms with E-state index in [4.69, 9.17) is 0 Å². The van der Waals surface area contributed by atoms with Crippen LogP contribution in [0.5, 0.6) is 0 Å². The molecule has 1 aliphatic rings. The largest absolute Gasteiger partial charge is 0.352 e. The van der Waals surface area contributed by atoms with Gasteiger partial charge in [0.1, 0.15) is 5.82 Å². The average molecular weight is 381 g/mol. The number of amides is 1. The lowest BCUT2D eigenvalue weighted by Crippen LogP contribution is -2.49. The van der Waals surface area contributed by atoms with Gasteiger partial charge < -0.3 is 9.80 Å². The number of carbonyl (C=O) groups is 1. The van der Waals surface area contributed by atoms with Crippen LogP contribution in [0, 0.1) is 19.7 Å². The summed E-state index contributed by atoms with van der Waals surface area (Å²) in [6.45, 7) is 6.21. The van der Waals surface area contributed by atoms with Gasteiger partial charge >= 0.3 is 0 Å². The maximum absolute atomic E-state index is 13.3. The van der Waals surface area contributed by atoms with Crippen molar-refractivity contribution in [1.82, 2.24) is 29.9 Å². The van der Waals surface area contributed by atoms with E-state index in [1.165, 1.54) is 12.3 Å². The molecule has 1 saturated heterocycles. The van der Waals surface area contributed by atoms with E-state index in [2.05, 4.69) is 25.2 Å². The average Bonchev–Trinajstić information content (AvgIpc) is 3.06. The van der Waals surface area contributed by atoms with Gasteiger partial charge in [-0.15, -0.1) is 10.2 Å². The molecule has 4 rings (SSSR count). The van der Waals surface area contributed by atoms with Crippen molar-refractivity contribution in [3.63, 3.8) is 0 Å². The zero-order valence-corrected chi connectivity index (χ0v) is 15.7. The van der Waals surface area contributed by atoms with Gasteiger partial charge in [0.25, 0.3) is 5.91 Å². The number of pyridine rings is 1. The van der Waals surface area contributed by atoms with Crippen LogP contribution in [0.25, 0.3) is 5.82 Å². The number of anilines is 1. The number of piperazine rings is 1. The molecule has 28 heavy (non-hydrogen) atoms. The van der Waals surface area contributed by atoms with E-state index in [1.807, 2.05) is 32.0 Å². The van der Waals surface area contributed by atoms with Crippen molar-refractivity contribution in [2.45, 2.75) is 13.8 Å². The summed E-state index contributed by atoms with van der Waals surface area (Å²) < 4.78 is 15.1. The van der Waals surface area contributed by atoms with Crippen molar-refractivity contribution in [1.29, 1.82) is 0 Å². The molecule has 1 fully saturated rings. The van der Waals surface area contributed by atoms with Gasteiger partial charge in [-0.05, 0) is 38.1 Å². The van der Waals surface area contributed by atoms with Crippen molar-refractivity contribution in [3.8, 4) is 5.82 Å². The van der Waals surface area contributed by atoms with Crippen molar-refractivity contribution < 1.29 is 9.18 Å². The molecule has 0 atom stereocenters. The molecule has 0 radical (unpaired) electrons. The van der Waals surface area contributed by atoms with E-state index in [-0.39, 0.29) is 11.5 Å². The van der Waals surface area contributed by atoms with Gasteiger partial charge in [-0.2, -0.15) is 5.10 Å². The monoisotopic (exact) mass is 381 g/mol. The minimum absolute atomic E-state index is 0.211. The molecular weight excluding hydrogens is 361 g/mol. The number of halogens is 1. The van der Waals surface area contributed by atoms with Crippen LogP contribution >= 0.6 is 0 Å². The van der Waals surface area contributed by atoms with Gasteiger partial charge in [-0.3, -0.25) is 9.78 Å². The summed E-state index contributed by atoms with van der Waals surface area (Å²) in [4.78, 5) is 20.0. The maximum atomic E-state index is 13.3. The normalized spacial score (nSPS) is 14.4. The van der Waals surface area contributed by atoms with Gasteiger partial charge in [0.15, 0.2) is 11.6 Å². The predicted octanol–water partition coefficient (Wildman–Crippen LogP) is 1.78. The minimum Gasteiger partial charge on any atom is -0.352 e. The lowest BCUT2D eigenvalue weighted by atomic mass is 10.2. The number of aromatic nitrogens is 5. The second-order valence-electron chi connectivity index (χ2n) is 6.76. The Morgan fingerprint density at radius 3 is 2.32 bits per heavy atom. The second kappa shape index (κ2) is 7.34. The lowest BCUT2D eigenvalue weighted by Gasteiger charge is -2.35. The molecule has 1 amide bonds. The first-order valence-electron chi connectivity index (χ1n) is 9.03. The lowest BCUT2D eigenvalue weighted by molar-refractivity contribution is 0.0745. The van der Waals surface area contributed by atoms with Crippen LogP contribution in [0.1, 0.15) is 21.7 Å². The Hall–Kier alpha value is -3.36. The summed E-state index contributed by atoms with van der Waals surface area (Å²) in [6, 6.07) is 7.00. The molecule has 1 aliphatic heterocycles. The van der Waals surface area contributed by atoms with E-state index in [0.29, 0.717) is 32.0 Å². The SMILES string of the molecule is Cc1cc(C)n(-c2ccc(N3CCN(C(=O)c4cncc(F)c4)CC3)nn2)n1. The molecule has 0 N–H and O–H groups in total. The van der Waals surface area contributed by atoms with Gasteiger partial charge in [-0.25, -0.2) is 9.07 Å². The zero-order valence-electron chi connectivity index (χ0n) is 15.7. The molecule has 9 heteroatoms. The summed E-state index contributed by atoms with van der Waals surface area (Å²) in [5.74, 6) is 0.701. The molecule has 0 spiro atoms. The first-order valence-corrected chi connectivity index (χ1v) is 9.03. The van der Waals surface area contributed by atoms with Gasteiger partial charge in [0.2, 0.25) is 0 Å². The fourth-order valence-electron chi connectivity index (χ4n) is 3.31. The first kappa shape index (κ1) is 18.0. The number of nitrogens with zero attached hydrogens (tertiary/aromatic N) is 7. The Morgan fingerprint density at radius 2 is 1.71 bits per heavy atom. The summed E-state index contributed by atoms with van der Waals surface area (Å²) in [6.07, 6.45) is 2.48. The Morgan fingerprint density at radius 1 is 1.00 bits per heavy atom. The fourth-order valence-corrected chi connectivity index (χ4v) is 3.31. The number of hydrogen-bond donors (Lipinski definition) is 0. The Kier molecular flexibility index (Phi) is 4.72. The van der Waals surface area contributed by atoms with Crippen LogP contribution in [-0.4, -0.2) is 61.9 Å². The van der Waals surface area contributed by atoms with Gasteiger partial charge in [0.05, 0.1) is 17.5 Å². The maximum Gasteiger partial charge on any atom is 0.255 e. The highest BCUT2D eigenvalue weighted by Gasteiger charge is 2.23. The van der Waals surface area contributed by atoms with Crippen LogP contribution < -0.4 is 4.90 Å².